The maximum absolute atomic E-state index is 13.7. The lowest BCUT2D eigenvalue weighted by Crippen LogP contribution is -2.42. The summed E-state index contributed by atoms with van der Waals surface area (Å²) in [7, 11) is 0. The molecule has 0 aromatic carbocycles. The lowest BCUT2D eigenvalue weighted by molar-refractivity contribution is 0.0854. The van der Waals surface area contributed by atoms with Gasteiger partial charge in [-0.1, -0.05) is 0 Å². The molecule has 0 radical (unpaired) electrons. The largest absolute Gasteiger partial charge is 0.354 e. The molecule has 0 bridgehead atoms. The summed E-state index contributed by atoms with van der Waals surface area (Å²) in [5.41, 5.74) is 0.349. The van der Waals surface area contributed by atoms with E-state index in [2.05, 4.69) is 20.3 Å². The SMILES string of the molecule is Fc1cccnc1C1CC(F)C1CNc1ncccn1. The van der Waals surface area contributed by atoms with Gasteiger partial charge in [0.15, 0.2) is 0 Å². The Morgan fingerprint density at radius 3 is 2.60 bits per heavy atom. The van der Waals surface area contributed by atoms with Gasteiger partial charge in [-0.25, -0.2) is 18.7 Å². The molecule has 20 heavy (non-hydrogen) atoms. The zero-order chi connectivity index (χ0) is 13.9. The summed E-state index contributed by atoms with van der Waals surface area (Å²) in [5, 5.41) is 2.98. The molecule has 2 aromatic heterocycles. The number of hydrogen-bond donors (Lipinski definition) is 1. The number of pyridine rings is 1. The fourth-order valence-corrected chi connectivity index (χ4v) is 2.50. The highest BCUT2D eigenvalue weighted by molar-refractivity contribution is 5.25. The van der Waals surface area contributed by atoms with E-state index in [1.807, 2.05) is 0 Å². The second-order valence-electron chi connectivity index (χ2n) is 4.85. The fraction of sp³-hybridized carbons (Fsp3) is 0.357. The third kappa shape index (κ3) is 2.45. The van der Waals surface area contributed by atoms with Crippen molar-refractivity contribution in [3.05, 3.63) is 48.3 Å². The lowest BCUT2D eigenvalue weighted by Gasteiger charge is -2.39. The Hall–Kier alpha value is -2.11. The third-order valence-electron chi connectivity index (χ3n) is 3.66. The molecule has 0 aliphatic heterocycles. The predicted molar refractivity (Wildman–Crippen MR) is 70.5 cm³/mol. The smallest absolute Gasteiger partial charge is 0.222 e. The van der Waals surface area contributed by atoms with Crippen LogP contribution in [0, 0.1) is 11.7 Å². The molecule has 0 spiro atoms. The Balaban J connectivity index is 1.68. The zero-order valence-electron chi connectivity index (χ0n) is 10.7. The van der Waals surface area contributed by atoms with Gasteiger partial charge in [0.2, 0.25) is 5.95 Å². The Labute approximate surface area is 115 Å². The molecule has 4 nitrogen and oxygen atoms in total. The zero-order valence-corrected chi connectivity index (χ0v) is 10.7. The summed E-state index contributed by atoms with van der Waals surface area (Å²) in [6.07, 6.45) is 4.13. The lowest BCUT2D eigenvalue weighted by atomic mass is 9.70. The first-order valence-corrected chi connectivity index (χ1v) is 6.51. The Morgan fingerprint density at radius 1 is 1.15 bits per heavy atom. The van der Waals surface area contributed by atoms with E-state index in [-0.39, 0.29) is 17.7 Å². The average Bonchev–Trinajstić information content (AvgIpc) is 2.47. The van der Waals surface area contributed by atoms with Crippen molar-refractivity contribution in [2.75, 3.05) is 11.9 Å². The third-order valence-corrected chi connectivity index (χ3v) is 3.66. The molecular formula is C14H14F2N4. The summed E-state index contributed by atoms with van der Waals surface area (Å²) in [6, 6.07) is 4.60. The summed E-state index contributed by atoms with van der Waals surface area (Å²) in [5.74, 6) is -0.414. The van der Waals surface area contributed by atoms with Gasteiger partial charge in [-0.05, 0) is 24.6 Å². The number of nitrogens with one attached hydrogen (secondary N) is 1. The molecule has 3 rings (SSSR count). The molecule has 3 unspecified atom stereocenters. The van der Waals surface area contributed by atoms with Gasteiger partial charge in [0.05, 0.1) is 5.69 Å². The first kappa shape index (κ1) is 12.9. The maximum atomic E-state index is 13.7. The van der Waals surface area contributed by atoms with Crippen molar-refractivity contribution in [2.45, 2.75) is 18.5 Å². The second kappa shape index (κ2) is 5.48. The van der Waals surface area contributed by atoms with Gasteiger partial charge in [-0.3, -0.25) is 4.98 Å². The van der Waals surface area contributed by atoms with E-state index in [9.17, 15) is 8.78 Å². The standard InChI is InChI=1S/C14H14F2N4/c15-11-3-1-4-17-13(11)9-7-12(16)10(9)8-20-14-18-5-2-6-19-14/h1-6,9-10,12H,7-8H2,(H,18,19,20). The van der Waals surface area contributed by atoms with E-state index in [4.69, 9.17) is 0 Å². The van der Waals surface area contributed by atoms with E-state index in [0.717, 1.165) is 0 Å². The number of alkyl halides is 1. The van der Waals surface area contributed by atoms with Gasteiger partial charge in [-0.15, -0.1) is 0 Å². The van der Waals surface area contributed by atoms with Crippen molar-refractivity contribution in [1.29, 1.82) is 0 Å². The number of aromatic nitrogens is 3. The molecule has 1 aliphatic carbocycles. The summed E-state index contributed by atoms with van der Waals surface area (Å²) in [4.78, 5) is 12.1. The van der Waals surface area contributed by atoms with Crippen molar-refractivity contribution in [1.82, 2.24) is 15.0 Å². The Kier molecular flexibility index (Phi) is 3.54. The Bertz CT molecular complexity index is 578. The van der Waals surface area contributed by atoms with Gasteiger partial charge < -0.3 is 5.32 Å². The minimum Gasteiger partial charge on any atom is -0.354 e. The number of nitrogens with zero attached hydrogens (tertiary/aromatic N) is 3. The van der Waals surface area contributed by atoms with E-state index < -0.39 is 6.17 Å². The van der Waals surface area contributed by atoms with Gasteiger partial charge in [0, 0.05) is 37.0 Å². The molecule has 1 N–H and O–H groups in total. The van der Waals surface area contributed by atoms with Gasteiger partial charge >= 0.3 is 0 Å². The van der Waals surface area contributed by atoms with Gasteiger partial charge in [0.1, 0.15) is 12.0 Å². The topological polar surface area (TPSA) is 50.7 Å². The van der Waals surface area contributed by atoms with E-state index >= 15 is 0 Å². The van der Waals surface area contributed by atoms with E-state index in [0.29, 0.717) is 24.6 Å². The predicted octanol–water partition coefficient (Wildman–Crippen LogP) is 2.56. The van der Waals surface area contributed by atoms with Crippen molar-refractivity contribution in [3.8, 4) is 0 Å². The molecule has 1 fully saturated rings. The molecule has 3 atom stereocenters. The quantitative estimate of drug-likeness (QED) is 0.932. The van der Waals surface area contributed by atoms with Crippen molar-refractivity contribution in [3.63, 3.8) is 0 Å². The molecule has 1 aliphatic rings. The first-order valence-electron chi connectivity index (χ1n) is 6.51. The normalized spacial score (nSPS) is 25.0. The van der Waals surface area contributed by atoms with Crippen LogP contribution < -0.4 is 5.32 Å². The minimum atomic E-state index is -0.947. The van der Waals surface area contributed by atoms with Crippen LogP contribution >= 0.6 is 0 Å². The molecule has 1 saturated carbocycles. The highest BCUT2D eigenvalue weighted by Crippen LogP contribution is 2.44. The second-order valence-corrected chi connectivity index (χ2v) is 4.85. The monoisotopic (exact) mass is 276 g/mol. The molecule has 2 aromatic rings. The highest BCUT2D eigenvalue weighted by Gasteiger charge is 2.44. The summed E-state index contributed by atoms with van der Waals surface area (Å²) < 4.78 is 27.4. The van der Waals surface area contributed by atoms with Gasteiger partial charge in [-0.2, -0.15) is 0 Å². The Morgan fingerprint density at radius 2 is 1.90 bits per heavy atom. The summed E-state index contributed by atoms with van der Waals surface area (Å²) in [6.45, 7) is 0.367. The van der Waals surface area contributed by atoms with Crippen molar-refractivity contribution in [2.24, 2.45) is 5.92 Å². The van der Waals surface area contributed by atoms with Crippen LogP contribution in [0.5, 0.6) is 0 Å². The van der Waals surface area contributed by atoms with Gasteiger partial charge in [0.25, 0.3) is 0 Å². The number of anilines is 1. The van der Waals surface area contributed by atoms with E-state index in [1.165, 1.54) is 18.3 Å². The van der Waals surface area contributed by atoms with Crippen LogP contribution in [0.15, 0.2) is 36.8 Å². The number of hydrogen-bond acceptors (Lipinski definition) is 4. The van der Waals surface area contributed by atoms with Crippen LogP contribution in [0.1, 0.15) is 18.0 Å². The molecule has 0 saturated heterocycles. The van der Waals surface area contributed by atoms with Crippen LogP contribution in [-0.2, 0) is 0 Å². The molecule has 2 heterocycles. The molecular weight excluding hydrogens is 262 g/mol. The van der Waals surface area contributed by atoms with Crippen LogP contribution in [0.4, 0.5) is 14.7 Å². The van der Waals surface area contributed by atoms with Crippen LogP contribution in [0.2, 0.25) is 0 Å². The molecule has 0 amide bonds. The number of rotatable bonds is 4. The highest BCUT2D eigenvalue weighted by atomic mass is 19.1. The fourth-order valence-electron chi connectivity index (χ4n) is 2.50. The minimum absolute atomic E-state index is 0.192. The first-order chi connectivity index (χ1) is 9.75. The molecule has 104 valence electrons. The van der Waals surface area contributed by atoms with E-state index in [1.54, 1.807) is 18.5 Å². The summed E-state index contributed by atoms with van der Waals surface area (Å²) >= 11 is 0. The number of halogens is 2. The molecule has 6 heteroatoms. The average molecular weight is 276 g/mol. The van der Waals surface area contributed by atoms with Crippen LogP contribution in [0.3, 0.4) is 0 Å². The van der Waals surface area contributed by atoms with Crippen LogP contribution in [0.25, 0.3) is 0 Å². The van der Waals surface area contributed by atoms with Crippen molar-refractivity contribution < 1.29 is 8.78 Å². The van der Waals surface area contributed by atoms with Crippen molar-refractivity contribution >= 4 is 5.95 Å². The van der Waals surface area contributed by atoms with Crippen LogP contribution in [-0.4, -0.2) is 27.7 Å². The maximum Gasteiger partial charge on any atom is 0.222 e.